The summed E-state index contributed by atoms with van der Waals surface area (Å²) in [6, 6.07) is 8.27. The Hall–Kier alpha value is -3.47. The Morgan fingerprint density at radius 2 is 1.88 bits per heavy atom. The third-order valence-electron chi connectivity index (χ3n) is 4.52. The first-order valence-corrected chi connectivity index (χ1v) is 10.7. The molecule has 170 valence electrons. The fourth-order valence-electron chi connectivity index (χ4n) is 2.82. The van der Waals surface area contributed by atoms with Gasteiger partial charge in [-0.05, 0) is 36.8 Å². The average molecular weight is 508 g/mol. The summed E-state index contributed by atoms with van der Waals surface area (Å²) in [5.74, 6) is -1.69. The Balaban J connectivity index is 1.83. The molecule has 1 heterocycles. The molecule has 0 bridgehead atoms. The van der Waals surface area contributed by atoms with Crippen molar-refractivity contribution < 1.29 is 24.4 Å². The van der Waals surface area contributed by atoms with Crippen molar-refractivity contribution in [2.45, 2.75) is 6.92 Å². The van der Waals surface area contributed by atoms with Gasteiger partial charge in [0.25, 0.3) is 11.6 Å². The number of amides is 1. The number of nitro benzene ring substituents is 1. The molecular formula is C21H15Cl2N3O6S. The zero-order valence-electron chi connectivity index (χ0n) is 17.1. The smallest absolute Gasteiger partial charge is 0.344 e. The van der Waals surface area contributed by atoms with Crippen molar-refractivity contribution in [2.24, 2.45) is 5.10 Å². The van der Waals surface area contributed by atoms with Crippen LogP contribution in [0.2, 0.25) is 10.0 Å². The van der Waals surface area contributed by atoms with Gasteiger partial charge in [-0.3, -0.25) is 14.9 Å². The van der Waals surface area contributed by atoms with E-state index in [1.54, 1.807) is 30.5 Å². The second kappa shape index (κ2) is 9.99. The number of hydrazone groups is 1. The van der Waals surface area contributed by atoms with Gasteiger partial charge in [0.2, 0.25) is 0 Å². The highest BCUT2D eigenvalue weighted by molar-refractivity contribution is 7.14. The zero-order valence-corrected chi connectivity index (χ0v) is 19.4. The molecule has 2 aromatic carbocycles. The van der Waals surface area contributed by atoms with E-state index >= 15 is 0 Å². The lowest BCUT2D eigenvalue weighted by molar-refractivity contribution is -0.385. The number of esters is 1. The summed E-state index contributed by atoms with van der Waals surface area (Å²) >= 11 is 13.2. The van der Waals surface area contributed by atoms with Gasteiger partial charge in [0, 0.05) is 17.0 Å². The highest BCUT2D eigenvalue weighted by Crippen LogP contribution is 2.40. The topological polar surface area (TPSA) is 131 Å². The van der Waals surface area contributed by atoms with Gasteiger partial charge < -0.3 is 9.84 Å². The molecule has 1 amide bonds. The summed E-state index contributed by atoms with van der Waals surface area (Å²) in [5.41, 5.74) is 2.68. The van der Waals surface area contributed by atoms with Crippen LogP contribution in [0, 0.1) is 10.1 Å². The van der Waals surface area contributed by atoms with Crippen LogP contribution in [0.1, 0.15) is 33.2 Å². The number of thiophene rings is 1. The Labute approximate surface area is 201 Å². The first kappa shape index (κ1) is 24.2. The van der Waals surface area contributed by atoms with E-state index in [2.05, 4.69) is 15.3 Å². The Kier molecular flexibility index (Phi) is 7.32. The number of hydrogen-bond acceptors (Lipinski definition) is 8. The van der Waals surface area contributed by atoms with Crippen molar-refractivity contribution in [3.05, 3.63) is 78.6 Å². The molecule has 0 spiro atoms. The molecule has 12 heteroatoms. The number of rotatable bonds is 6. The number of ether oxygens (including phenoxy) is 1. The van der Waals surface area contributed by atoms with Gasteiger partial charge in [0.15, 0.2) is 0 Å². The lowest BCUT2D eigenvalue weighted by atomic mass is 10.1. The first-order chi connectivity index (χ1) is 15.6. The number of aromatic hydroxyl groups is 1. The number of nitrogens with zero attached hydrogens (tertiary/aromatic N) is 2. The predicted octanol–water partition coefficient (Wildman–Crippen LogP) is 5.28. The Morgan fingerprint density at radius 1 is 1.15 bits per heavy atom. The average Bonchev–Trinajstić information content (AvgIpc) is 3.19. The number of hydrogen-bond donors (Lipinski definition) is 2. The van der Waals surface area contributed by atoms with Crippen LogP contribution in [0.15, 0.2) is 46.9 Å². The van der Waals surface area contributed by atoms with Gasteiger partial charge >= 0.3 is 5.97 Å². The van der Waals surface area contributed by atoms with Crippen molar-refractivity contribution >= 4 is 57.8 Å². The van der Waals surface area contributed by atoms with Gasteiger partial charge in [0.05, 0.1) is 38.2 Å². The molecule has 3 rings (SSSR count). The van der Waals surface area contributed by atoms with E-state index in [1.807, 2.05) is 0 Å². The molecule has 1 aromatic heterocycles. The fraction of sp³-hybridized carbons (Fsp3) is 0.0952. The highest BCUT2D eigenvalue weighted by atomic mass is 35.5. The molecule has 0 aliphatic rings. The van der Waals surface area contributed by atoms with E-state index in [-0.39, 0.29) is 16.9 Å². The van der Waals surface area contributed by atoms with Crippen molar-refractivity contribution in [3.8, 4) is 16.2 Å². The number of nitro groups is 1. The fourth-order valence-corrected chi connectivity index (χ4v) is 4.12. The largest absolute Gasteiger partial charge is 0.506 e. The minimum atomic E-state index is -0.895. The molecule has 0 radical (unpaired) electrons. The monoisotopic (exact) mass is 507 g/mol. The number of carbonyl (C=O) groups is 2. The quantitative estimate of drug-likeness (QED) is 0.202. The van der Waals surface area contributed by atoms with E-state index in [1.165, 1.54) is 17.4 Å². The zero-order chi connectivity index (χ0) is 24.3. The van der Waals surface area contributed by atoms with E-state index in [9.17, 15) is 24.8 Å². The van der Waals surface area contributed by atoms with Crippen LogP contribution in [0.3, 0.4) is 0 Å². The third kappa shape index (κ3) is 5.14. The minimum Gasteiger partial charge on any atom is -0.506 e. The van der Waals surface area contributed by atoms with Crippen molar-refractivity contribution in [3.63, 3.8) is 0 Å². The highest BCUT2D eigenvalue weighted by Gasteiger charge is 2.23. The molecule has 0 saturated carbocycles. The summed E-state index contributed by atoms with van der Waals surface area (Å²) in [7, 11) is 1.09. The number of nitrogens with one attached hydrogen (secondary N) is 1. The molecule has 33 heavy (non-hydrogen) atoms. The third-order valence-corrected chi connectivity index (χ3v) is 6.28. The maximum Gasteiger partial charge on any atom is 0.344 e. The summed E-state index contributed by atoms with van der Waals surface area (Å²) < 4.78 is 4.51. The summed E-state index contributed by atoms with van der Waals surface area (Å²) in [5, 5.41) is 28.2. The molecule has 2 N–H and O–H groups in total. The number of halogens is 2. The number of benzene rings is 2. The van der Waals surface area contributed by atoms with Crippen LogP contribution in [0.4, 0.5) is 5.69 Å². The van der Waals surface area contributed by atoms with Gasteiger partial charge in [0.1, 0.15) is 11.3 Å². The summed E-state index contributed by atoms with van der Waals surface area (Å²) in [6.45, 7) is 1.57. The molecule has 0 unspecified atom stereocenters. The SMILES string of the molecule is COC(=O)c1ccc(C(=O)N/N=C(/C)c2csc(-c3ccc(Cl)c(Cl)c3)c2O)cc1[N+](=O)[O-]. The lowest BCUT2D eigenvalue weighted by Crippen LogP contribution is -2.20. The second-order valence-corrected chi connectivity index (χ2v) is 8.27. The van der Waals surface area contributed by atoms with Crippen LogP contribution < -0.4 is 5.43 Å². The van der Waals surface area contributed by atoms with E-state index < -0.39 is 22.5 Å². The van der Waals surface area contributed by atoms with Gasteiger partial charge in [-0.1, -0.05) is 29.3 Å². The number of carbonyl (C=O) groups excluding carboxylic acids is 2. The van der Waals surface area contributed by atoms with Crippen LogP contribution in [-0.2, 0) is 4.74 Å². The van der Waals surface area contributed by atoms with Gasteiger partial charge in [-0.2, -0.15) is 5.10 Å². The Bertz CT molecular complexity index is 1310. The molecule has 3 aromatic rings. The van der Waals surface area contributed by atoms with Crippen LogP contribution >= 0.6 is 34.5 Å². The van der Waals surface area contributed by atoms with Crippen LogP contribution in [0.5, 0.6) is 5.75 Å². The van der Waals surface area contributed by atoms with Crippen LogP contribution in [-0.4, -0.2) is 34.7 Å². The van der Waals surface area contributed by atoms with Gasteiger partial charge in [-0.15, -0.1) is 11.3 Å². The Morgan fingerprint density at radius 3 is 2.52 bits per heavy atom. The molecular weight excluding hydrogens is 493 g/mol. The molecule has 0 saturated heterocycles. The van der Waals surface area contributed by atoms with Crippen molar-refractivity contribution in [2.75, 3.05) is 7.11 Å². The van der Waals surface area contributed by atoms with Crippen LogP contribution in [0.25, 0.3) is 10.4 Å². The second-order valence-electron chi connectivity index (χ2n) is 6.57. The maximum atomic E-state index is 12.4. The lowest BCUT2D eigenvalue weighted by Gasteiger charge is -2.05. The normalized spacial score (nSPS) is 11.2. The number of methoxy groups -OCH3 is 1. The minimum absolute atomic E-state index is 0.0491. The first-order valence-electron chi connectivity index (χ1n) is 9.11. The molecule has 0 aliphatic heterocycles. The van der Waals surface area contributed by atoms with E-state index in [0.29, 0.717) is 31.8 Å². The summed E-state index contributed by atoms with van der Waals surface area (Å²) in [4.78, 5) is 35.1. The van der Waals surface area contributed by atoms with Crippen molar-refractivity contribution in [1.29, 1.82) is 0 Å². The van der Waals surface area contributed by atoms with E-state index in [4.69, 9.17) is 23.2 Å². The van der Waals surface area contributed by atoms with E-state index in [0.717, 1.165) is 19.2 Å². The van der Waals surface area contributed by atoms with Gasteiger partial charge in [-0.25, -0.2) is 10.2 Å². The maximum absolute atomic E-state index is 12.4. The standard InChI is InChI=1S/C21H15Cl2N3O6S/c1-10(14-9-33-19(18(14)27)11-4-6-15(22)16(23)7-11)24-25-20(28)12-3-5-13(21(29)32-2)17(8-12)26(30)31/h3-9,27H,1-2H3,(H,25,28)/b24-10-. The molecule has 0 atom stereocenters. The molecule has 9 nitrogen and oxygen atoms in total. The van der Waals surface area contributed by atoms with Crippen molar-refractivity contribution in [1.82, 2.24) is 5.43 Å². The molecule has 0 fully saturated rings. The summed E-state index contributed by atoms with van der Waals surface area (Å²) in [6.07, 6.45) is 0. The molecule has 0 aliphatic carbocycles. The predicted molar refractivity (Wildman–Crippen MR) is 126 cm³/mol.